The van der Waals surface area contributed by atoms with Crippen molar-refractivity contribution in [1.82, 2.24) is 0 Å². The predicted octanol–water partition coefficient (Wildman–Crippen LogP) is 1.61. The highest BCUT2D eigenvalue weighted by Crippen LogP contribution is 2.24. The van der Waals surface area contributed by atoms with E-state index >= 15 is 0 Å². The number of ether oxygens (including phenoxy) is 3. The molecule has 0 aliphatic heterocycles. The standard InChI is InChI=1S/C13H19NO4/c1-10-4-5-11(12(8-10)17-3)14-13(15)9-18-7-6-16-2/h4-5,8H,6-7,9H2,1-3H3,(H,14,15). The van der Waals surface area contributed by atoms with Crippen molar-refractivity contribution in [3.05, 3.63) is 23.8 Å². The van der Waals surface area contributed by atoms with Gasteiger partial charge in [-0.05, 0) is 24.6 Å². The minimum atomic E-state index is -0.215. The molecule has 1 N–H and O–H groups in total. The van der Waals surface area contributed by atoms with Gasteiger partial charge in [0.05, 0.1) is 26.0 Å². The fourth-order valence-electron chi connectivity index (χ4n) is 1.40. The van der Waals surface area contributed by atoms with Gasteiger partial charge in [0.2, 0.25) is 5.91 Å². The van der Waals surface area contributed by atoms with Gasteiger partial charge < -0.3 is 19.5 Å². The number of benzene rings is 1. The Morgan fingerprint density at radius 3 is 2.72 bits per heavy atom. The van der Waals surface area contributed by atoms with Crippen molar-refractivity contribution in [2.75, 3.05) is 39.4 Å². The minimum Gasteiger partial charge on any atom is -0.495 e. The molecule has 0 radical (unpaired) electrons. The van der Waals surface area contributed by atoms with Crippen LogP contribution in [0.3, 0.4) is 0 Å². The molecular formula is C13H19NO4. The summed E-state index contributed by atoms with van der Waals surface area (Å²) in [7, 11) is 3.15. The molecule has 0 spiro atoms. The number of hydrogen-bond acceptors (Lipinski definition) is 4. The first kappa shape index (κ1) is 14.5. The van der Waals surface area contributed by atoms with Crippen molar-refractivity contribution in [2.24, 2.45) is 0 Å². The summed E-state index contributed by atoms with van der Waals surface area (Å²) < 4.78 is 15.1. The zero-order valence-electron chi connectivity index (χ0n) is 11.0. The lowest BCUT2D eigenvalue weighted by Crippen LogP contribution is -2.20. The molecule has 1 aromatic rings. The smallest absolute Gasteiger partial charge is 0.250 e. The van der Waals surface area contributed by atoms with Crippen LogP contribution >= 0.6 is 0 Å². The van der Waals surface area contributed by atoms with Gasteiger partial charge in [0, 0.05) is 7.11 Å². The first-order valence-corrected chi connectivity index (χ1v) is 5.68. The van der Waals surface area contributed by atoms with Gasteiger partial charge in [0.1, 0.15) is 12.4 Å². The molecule has 1 aromatic carbocycles. The van der Waals surface area contributed by atoms with E-state index in [0.29, 0.717) is 24.7 Å². The van der Waals surface area contributed by atoms with Crippen LogP contribution in [0.5, 0.6) is 5.75 Å². The molecule has 0 heterocycles. The fourth-order valence-corrected chi connectivity index (χ4v) is 1.40. The van der Waals surface area contributed by atoms with E-state index in [0.717, 1.165) is 5.56 Å². The number of methoxy groups -OCH3 is 2. The molecule has 5 heteroatoms. The van der Waals surface area contributed by atoms with E-state index < -0.39 is 0 Å². The number of carbonyl (C=O) groups excluding carboxylic acids is 1. The number of anilines is 1. The number of amides is 1. The monoisotopic (exact) mass is 253 g/mol. The highest BCUT2D eigenvalue weighted by molar-refractivity contribution is 5.93. The summed E-state index contributed by atoms with van der Waals surface area (Å²) in [5.41, 5.74) is 1.71. The highest BCUT2D eigenvalue weighted by Gasteiger charge is 2.07. The Balaban J connectivity index is 2.48. The van der Waals surface area contributed by atoms with E-state index in [1.54, 1.807) is 20.3 Å². The van der Waals surface area contributed by atoms with Gasteiger partial charge in [-0.25, -0.2) is 0 Å². The van der Waals surface area contributed by atoms with Crippen LogP contribution < -0.4 is 10.1 Å². The van der Waals surface area contributed by atoms with E-state index in [1.807, 2.05) is 19.1 Å². The third kappa shape index (κ3) is 4.73. The largest absolute Gasteiger partial charge is 0.495 e. The first-order valence-electron chi connectivity index (χ1n) is 5.68. The Labute approximate surface area is 107 Å². The van der Waals surface area contributed by atoms with Crippen molar-refractivity contribution in [2.45, 2.75) is 6.92 Å². The van der Waals surface area contributed by atoms with E-state index in [2.05, 4.69) is 5.32 Å². The average Bonchev–Trinajstić information content (AvgIpc) is 2.37. The zero-order valence-corrected chi connectivity index (χ0v) is 11.0. The van der Waals surface area contributed by atoms with Crippen LogP contribution in [0, 0.1) is 6.92 Å². The molecule has 18 heavy (non-hydrogen) atoms. The molecule has 0 aromatic heterocycles. The summed E-state index contributed by atoms with van der Waals surface area (Å²) in [6.07, 6.45) is 0. The van der Waals surface area contributed by atoms with Crippen LogP contribution in [-0.2, 0) is 14.3 Å². The third-order valence-electron chi connectivity index (χ3n) is 2.30. The van der Waals surface area contributed by atoms with Crippen molar-refractivity contribution >= 4 is 11.6 Å². The maximum Gasteiger partial charge on any atom is 0.250 e. The van der Waals surface area contributed by atoms with Crippen LogP contribution in [0.2, 0.25) is 0 Å². The lowest BCUT2D eigenvalue weighted by Gasteiger charge is -2.11. The van der Waals surface area contributed by atoms with Crippen molar-refractivity contribution < 1.29 is 19.0 Å². The van der Waals surface area contributed by atoms with Crippen LogP contribution in [-0.4, -0.2) is 39.9 Å². The molecule has 0 saturated carbocycles. The highest BCUT2D eigenvalue weighted by atomic mass is 16.5. The second kappa shape index (κ2) is 7.68. The van der Waals surface area contributed by atoms with Gasteiger partial charge in [-0.1, -0.05) is 6.07 Å². The van der Waals surface area contributed by atoms with Gasteiger partial charge >= 0.3 is 0 Å². The van der Waals surface area contributed by atoms with Crippen LogP contribution in [0.15, 0.2) is 18.2 Å². The summed E-state index contributed by atoms with van der Waals surface area (Å²) in [6.45, 7) is 2.83. The Morgan fingerprint density at radius 2 is 2.06 bits per heavy atom. The maximum atomic E-state index is 11.6. The molecule has 100 valence electrons. The third-order valence-corrected chi connectivity index (χ3v) is 2.30. The van der Waals surface area contributed by atoms with Crippen LogP contribution in [0.1, 0.15) is 5.56 Å². The lowest BCUT2D eigenvalue weighted by molar-refractivity contribution is -0.121. The lowest BCUT2D eigenvalue weighted by atomic mass is 10.2. The Hall–Kier alpha value is -1.59. The summed E-state index contributed by atoms with van der Waals surface area (Å²) in [5.74, 6) is 0.425. The SMILES string of the molecule is COCCOCC(=O)Nc1ccc(C)cc1OC. The Morgan fingerprint density at radius 1 is 1.28 bits per heavy atom. The molecule has 5 nitrogen and oxygen atoms in total. The number of carbonyl (C=O) groups is 1. The quantitative estimate of drug-likeness (QED) is 0.750. The van der Waals surface area contributed by atoms with E-state index in [-0.39, 0.29) is 12.5 Å². The molecule has 0 aliphatic rings. The molecule has 1 amide bonds. The Bertz CT molecular complexity index is 393. The van der Waals surface area contributed by atoms with Crippen LogP contribution in [0.4, 0.5) is 5.69 Å². The fraction of sp³-hybridized carbons (Fsp3) is 0.462. The predicted molar refractivity (Wildman–Crippen MR) is 69.1 cm³/mol. The van der Waals surface area contributed by atoms with E-state index in [9.17, 15) is 4.79 Å². The normalized spacial score (nSPS) is 10.2. The second-order valence-electron chi connectivity index (χ2n) is 3.80. The van der Waals surface area contributed by atoms with Crippen molar-refractivity contribution in [3.63, 3.8) is 0 Å². The first-order chi connectivity index (χ1) is 8.67. The summed E-state index contributed by atoms with van der Waals surface area (Å²) in [5, 5.41) is 2.74. The molecule has 0 bridgehead atoms. The Kier molecular flexibility index (Phi) is 6.18. The molecule has 0 atom stereocenters. The number of rotatable bonds is 7. The van der Waals surface area contributed by atoms with Crippen molar-refractivity contribution in [1.29, 1.82) is 0 Å². The molecule has 0 aliphatic carbocycles. The van der Waals surface area contributed by atoms with Gasteiger partial charge in [-0.3, -0.25) is 4.79 Å². The van der Waals surface area contributed by atoms with E-state index in [1.165, 1.54) is 0 Å². The maximum absolute atomic E-state index is 11.6. The minimum absolute atomic E-state index is 0.000388. The molecule has 1 rings (SSSR count). The van der Waals surface area contributed by atoms with Gasteiger partial charge in [0.15, 0.2) is 0 Å². The average molecular weight is 253 g/mol. The zero-order chi connectivity index (χ0) is 13.4. The topological polar surface area (TPSA) is 56.8 Å². The van der Waals surface area contributed by atoms with Gasteiger partial charge in [-0.15, -0.1) is 0 Å². The molecule has 0 unspecified atom stereocenters. The molecular weight excluding hydrogens is 234 g/mol. The number of nitrogens with one attached hydrogen (secondary N) is 1. The summed E-state index contributed by atoms with van der Waals surface area (Å²) in [6, 6.07) is 5.58. The molecule has 0 fully saturated rings. The van der Waals surface area contributed by atoms with Gasteiger partial charge in [-0.2, -0.15) is 0 Å². The van der Waals surface area contributed by atoms with E-state index in [4.69, 9.17) is 14.2 Å². The number of hydrogen-bond donors (Lipinski definition) is 1. The van der Waals surface area contributed by atoms with Crippen molar-refractivity contribution in [3.8, 4) is 5.75 Å². The van der Waals surface area contributed by atoms with Gasteiger partial charge in [0.25, 0.3) is 0 Å². The molecule has 0 saturated heterocycles. The van der Waals surface area contributed by atoms with Crippen LogP contribution in [0.25, 0.3) is 0 Å². The summed E-state index contributed by atoms with van der Waals surface area (Å²) in [4.78, 5) is 11.6. The summed E-state index contributed by atoms with van der Waals surface area (Å²) >= 11 is 0. The second-order valence-corrected chi connectivity index (χ2v) is 3.80. The number of aryl methyl sites for hydroxylation is 1.